The molecule has 0 bridgehead atoms. The molecule has 0 radical (unpaired) electrons. The van der Waals surface area contributed by atoms with Crippen molar-refractivity contribution >= 4 is 23.8 Å². The molecule has 0 aromatic carbocycles. The van der Waals surface area contributed by atoms with Crippen LogP contribution in [0.25, 0.3) is 0 Å². The van der Waals surface area contributed by atoms with Gasteiger partial charge >= 0.3 is 12.0 Å². The van der Waals surface area contributed by atoms with E-state index < -0.39 is 34.9 Å². The molecule has 3 N–H and O–H groups in total. The molecule has 1 rings (SSSR count). The first-order valence-corrected chi connectivity index (χ1v) is 6.72. The van der Waals surface area contributed by atoms with E-state index in [0.717, 1.165) is 4.90 Å². The second kappa shape index (κ2) is 5.71. The van der Waals surface area contributed by atoms with Crippen molar-refractivity contribution in [1.82, 2.24) is 15.5 Å². The van der Waals surface area contributed by atoms with Crippen LogP contribution in [0, 0.1) is 0 Å². The van der Waals surface area contributed by atoms with E-state index in [4.69, 9.17) is 5.11 Å². The van der Waals surface area contributed by atoms with Crippen molar-refractivity contribution in [3.63, 3.8) is 0 Å². The summed E-state index contributed by atoms with van der Waals surface area (Å²) in [4.78, 5) is 47.4. The highest BCUT2D eigenvalue weighted by Gasteiger charge is 2.44. The normalized spacial score (nSPS) is 19.9. The highest BCUT2D eigenvalue weighted by Crippen LogP contribution is 2.17. The zero-order valence-electron chi connectivity index (χ0n) is 12.6. The van der Waals surface area contributed by atoms with Gasteiger partial charge in [-0.05, 0) is 27.2 Å². The maximum absolute atomic E-state index is 11.9. The monoisotopic (exact) mass is 299 g/mol. The van der Waals surface area contributed by atoms with E-state index in [9.17, 15) is 19.2 Å². The molecule has 0 aliphatic carbocycles. The van der Waals surface area contributed by atoms with Gasteiger partial charge in [-0.1, -0.05) is 6.92 Å². The lowest BCUT2D eigenvalue weighted by atomic mass is 9.99. The summed E-state index contributed by atoms with van der Waals surface area (Å²) < 4.78 is 0. The summed E-state index contributed by atoms with van der Waals surface area (Å²) in [6, 6.07) is -0.547. The molecule has 1 fully saturated rings. The Morgan fingerprint density at radius 2 is 1.95 bits per heavy atom. The average Bonchev–Trinajstić information content (AvgIpc) is 2.56. The highest BCUT2D eigenvalue weighted by atomic mass is 16.4. The van der Waals surface area contributed by atoms with Gasteiger partial charge in [-0.2, -0.15) is 0 Å². The number of carboxylic acid groups (broad SMARTS) is 1. The summed E-state index contributed by atoms with van der Waals surface area (Å²) in [5.74, 6) is -2.06. The average molecular weight is 299 g/mol. The molecule has 1 aliphatic rings. The van der Waals surface area contributed by atoms with Gasteiger partial charge in [0.25, 0.3) is 5.91 Å². The quantitative estimate of drug-likeness (QED) is 0.600. The number of hydrogen-bond acceptors (Lipinski definition) is 4. The molecule has 21 heavy (non-hydrogen) atoms. The van der Waals surface area contributed by atoms with Gasteiger partial charge in [0.2, 0.25) is 5.91 Å². The van der Waals surface area contributed by atoms with E-state index in [2.05, 4.69) is 10.6 Å². The highest BCUT2D eigenvalue weighted by molar-refractivity contribution is 6.06. The van der Waals surface area contributed by atoms with E-state index in [-0.39, 0.29) is 19.4 Å². The molecule has 1 unspecified atom stereocenters. The Morgan fingerprint density at radius 3 is 2.33 bits per heavy atom. The largest absolute Gasteiger partial charge is 0.480 e. The number of imide groups is 1. The SMILES string of the molecule is CCC(C)(NC(=O)CCN1C(=O)NC(C)(C)C1=O)C(=O)O. The number of carboxylic acids is 1. The standard InChI is InChI=1S/C13H21N3O5/c1-5-13(4,10(19)20)14-8(17)6-7-16-9(18)12(2,3)15-11(16)21/h5-7H2,1-4H3,(H,14,17)(H,15,21)(H,19,20). The van der Waals surface area contributed by atoms with Crippen molar-refractivity contribution in [3.05, 3.63) is 0 Å². The minimum absolute atomic E-state index is 0.0840. The van der Waals surface area contributed by atoms with Crippen LogP contribution in [0.1, 0.15) is 40.5 Å². The van der Waals surface area contributed by atoms with Crippen molar-refractivity contribution in [2.45, 2.75) is 51.6 Å². The molecular weight excluding hydrogens is 278 g/mol. The van der Waals surface area contributed by atoms with E-state index in [1.807, 2.05) is 0 Å². The lowest BCUT2D eigenvalue weighted by Crippen LogP contribution is -2.52. The summed E-state index contributed by atoms with van der Waals surface area (Å²) >= 11 is 0. The molecule has 0 aromatic heterocycles. The van der Waals surface area contributed by atoms with Crippen molar-refractivity contribution in [2.75, 3.05) is 6.54 Å². The molecular formula is C13H21N3O5. The van der Waals surface area contributed by atoms with Crippen LogP contribution in [0.5, 0.6) is 0 Å². The number of carbonyl (C=O) groups is 4. The van der Waals surface area contributed by atoms with Crippen LogP contribution in [0.2, 0.25) is 0 Å². The Morgan fingerprint density at radius 1 is 1.38 bits per heavy atom. The molecule has 8 nitrogen and oxygen atoms in total. The second-order valence-electron chi connectivity index (χ2n) is 5.80. The number of rotatable bonds is 6. The number of hydrogen-bond donors (Lipinski definition) is 3. The minimum atomic E-state index is -1.35. The Kier molecular flexibility index (Phi) is 4.60. The van der Waals surface area contributed by atoms with Gasteiger partial charge in [0.05, 0.1) is 0 Å². The molecule has 0 saturated carbocycles. The fourth-order valence-electron chi connectivity index (χ4n) is 1.90. The molecule has 1 saturated heterocycles. The zero-order chi connectivity index (χ0) is 16.4. The van der Waals surface area contributed by atoms with Crippen molar-refractivity contribution in [1.29, 1.82) is 0 Å². The Labute approximate surface area is 122 Å². The van der Waals surface area contributed by atoms with Crippen molar-refractivity contribution in [3.8, 4) is 0 Å². The van der Waals surface area contributed by atoms with Crippen LogP contribution < -0.4 is 10.6 Å². The van der Waals surface area contributed by atoms with Gasteiger partial charge in [-0.3, -0.25) is 14.5 Å². The maximum atomic E-state index is 11.9. The maximum Gasteiger partial charge on any atom is 0.329 e. The summed E-state index contributed by atoms with van der Waals surface area (Å²) in [5, 5.41) is 14.0. The Hall–Kier alpha value is -2.12. The number of amides is 4. The lowest BCUT2D eigenvalue weighted by molar-refractivity contribution is -0.147. The fourth-order valence-corrected chi connectivity index (χ4v) is 1.90. The van der Waals surface area contributed by atoms with Crippen molar-refractivity contribution < 1.29 is 24.3 Å². The van der Waals surface area contributed by atoms with Gasteiger partial charge < -0.3 is 15.7 Å². The zero-order valence-corrected chi connectivity index (χ0v) is 12.6. The third-order valence-electron chi connectivity index (χ3n) is 3.60. The first kappa shape index (κ1) is 16.9. The Balaban J connectivity index is 2.60. The number of urea groups is 1. The van der Waals surface area contributed by atoms with E-state index >= 15 is 0 Å². The number of aliphatic carboxylic acids is 1. The molecule has 1 aliphatic heterocycles. The van der Waals surface area contributed by atoms with Crippen LogP contribution in [0.4, 0.5) is 4.79 Å². The lowest BCUT2D eigenvalue weighted by Gasteiger charge is -2.25. The van der Waals surface area contributed by atoms with Gasteiger partial charge in [0, 0.05) is 13.0 Å². The molecule has 8 heteroatoms. The summed E-state index contributed by atoms with van der Waals surface area (Å²) in [6.07, 6.45) is 0.0857. The van der Waals surface area contributed by atoms with Gasteiger partial charge in [-0.25, -0.2) is 9.59 Å². The van der Waals surface area contributed by atoms with Crippen LogP contribution in [-0.4, -0.2) is 51.4 Å². The molecule has 0 aromatic rings. The number of carbonyl (C=O) groups excluding carboxylic acids is 3. The third-order valence-corrected chi connectivity index (χ3v) is 3.60. The topological polar surface area (TPSA) is 116 Å². The minimum Gasteiger partial charge on any atom is -0.480 e. The Bertz CT molecular complexity index is 488. The first-order valence-electron chi connectivity index (χ1n) is 6.72. The fraction of sp³-hybridized carbons (Fsp3) is 0.692. The summed E-state index contributed by atoms with van der Waals surface area (Å²) in [7, 11) is 0. The number of nitrogens with zero attached hydrogens (tertiary/aromatic N) is 1. The molecule has 0 spiro atoms. The van der Waals surface area contributed by atoms with Crippen LogP contribution in [0.15, 0.2) is 0 Å². The predicted molar refractivity (Wildman–Crippen MR) is 73.4 cm³/mol. The summed E-state index contributed by atoms with van der Waals surface area (Å²) in [6.45, 7) is 6.12. The first-order chi connectivity index (χ1) is 9.53. The van der Waals surface area contributed by atoms with Gasteiger partial charge in [0.15, 0.2) is 0 Å². The molecule has 4 amide bonds. The van der Waals surface area contributed by atoms with Crippen LogP contribution in [-0.2, 0) is 14.4 Å². The van der Waals surface area contributed by atoms with Crippen LogP contribution >= 0.6 is 0 Å². The van der Waals surface area contributed by atoms with E-state index in [0.29, 0.717) is 0 Å². The second-order valence-corrected chi connectivity index (χ2v) is 5.80. The third kappa shape index (κ3) is 3.50. The van der Waals surface area contributed by atoms with E-state index in [1.165, 1.54) is 6.92 Å². The van der Waals surface area contributed by atoms with Crippen molar-refractivity contribution in [2.24, 2.45) is 0 Å². The van der Waals surface area contributed by atoms with Gasteiger partial charge in [0.1, 0.15) is 11.1 Å². The molecule has 118 valence electrons. The van der Waals surface area contributed by atoms with Crippen LogP contribution in [0.3, 0.4) is 0 Å². The smallest absolute Gasteiger partial charge is 0.329 e. The van der Waals surface area contributed by atoms with E-state index in [1.54, 1.807) is 20.8 Å². The predicted octanol–water partition coefficient (Wildman–Crippen LogP) is 0.0764. The summed E-state index contributed by atoms with van der Waals surface area (Å²) in [5.41, 5.74) is -2.33. The molecule has 1 atom stereocenters. The van der Waals surface area contributed by atoms with Gasteiger partial charge in [-0.15, -0.1) is 0 Å². The molecule has 1 heterocycles. The number of nitrogens with one attached hydrogen (secondary N) is 2.